The third kappa shape index (κ3) is 4.20. The Balaban J connectivity index is 1.41. The van der Waals surface area contributed by atoms with Crippen LogP contribution in [-0.4, -0.2) is 84.6 Å². The smallest absolute Gasteiger partial charge is 0.374 e. The van der Waals surface area contributed by atoms with Gasteiger partial charge in [-0.05, 0) is 24.3 Å². The molecule has 0 unspecified atom stereocenters. The summed E-state index contributed by atoms with van der Waals surface area (Å²) in [7, 11) is 1.06. The molecular formula is C22H32N4O2Si. The third-order valence-corrected chi connectivity index (χ3v) is 9.69. The lowest BCUT2D eigenvalue weighted by Crippen LogP contribution is -2.74. The molecule has 0 bridgehead atoms. The lowest BCUT2D eigenvalue weighted by Gasteiger charge is -2.49. The predicted octanol–water partition coefficient (Wildman–Crippen LogP) is 2.36. The molecule has 0 radical (unpaired) electrons. The zero-order valence-corrected chi connectivity index (χ0v) is 18.5. The Labute approximate surface area is 175 Å². The first kappa shape index (κ1) is 20.4. The molecule has 4 rings (SSSR count). The fraction of sp³-hybridized carbons (Fsp3) is 0.455. The van der Waals surface area contributed by atoms with Crippen LogP contribution in [0.5, 0.6) is 0 Å². The second-order valence-corrected chi connectivity index (χ2v) is 10.8. The van der Waals surface area contributed by atoms with Crippen LogP contribution in [0.15, 0.2) is 60.7 Å². The Bertz CT molecular complexity index is 682. The molecule has 2 aromatic rings. The van der Waals surface area contributed by atoms with Crippen LogP contribution in [0, 0.1) is 0 Å². The Hall–Kier alpha value is -1.90. The minimum Gasteiger partial charge on any atom is -0.374 e. The maximum absolute atomic E-state index is 6.18. The van der Waals surface area contributed by atoms with E-state index in [2.05, 4.69) is 79.6 Å². The van der Waals surface area contributed by atoms with Gasteiger partial charge in [0.05, 0.1) is 0 Å². The van der Waals surface area contributed by atoms with Gasteiger partial charge in [0.15, 0.2) is 0 Å². The first-order chi connectivity index (χ1) is 14.3. The number of para-hydroxylation sites is 2. The van der Waals surface area contributed by atoms with E-state index < -0.39 is 8.88 Å². The van der Waals surface area contributed by atoms with E-state index in [0.29, 0.717) is 0 Å². The normalized spacial score (nSPS) is 19.5. The summed E-state index contributed by atoms with van der Waals surface area (Å²) in [6.07, 6.45) is 0. The minimum absolute atomic E-state index is 0.960. The molecule has 2 aliphatic rings. The van der Waals surface area contributed by atoms with E-state index in [4.69, 9.17) is 8.85 Å². The summed E-state index contributed by atoms with van der Waals surface area (Å²) in [6, 6.07) is 21.3. The van der Waals surface area contributed by atoms with Crippen molar-refractivity contribution in [2.75, 3.05) is 76.4 Å². The number of nitrogens with zero attached hydrogens (tertiary/aromatic N) is 4. The maximum Gasteiger partial charge on any atom is 0.522 e. The Kier molecular flexibility index (Phi) is 6.52. The van der Waals surface area contributed by atoms with Gasteiger partial charge < -0.3 is 18.7 Å². The molecule has 0 spiro atoms. The molecule has 7 heteroatoms. The van der Waals surface area contributed by atoms with E-state index >= 15 is 0 Å². The van der Waals surface area contributed by atoms with Gasteiger partial charge in [-0.2, -0.15) is 0 Å². The number of rotatable bonds is 6. The van der Waals surface area contributed by atoms with Crippen molar-refractivity contribution in [2.45, 2.75) is 0 Å². The predicted molar refractivity (Wildman–Crippen MR) is 120 cm³/mol. The standard InChI is InChI=1S/C22H32N4O2Si/c1-27-29(28-2,25-17-13-23(14-18-25)21-9-5-3-6-10-21)26-19-15-24(16-20-26)22-11-7-4-8-12-22/h3-12H,13-20H2,1-2H3. The second kappa shape index (κ2) is 9.28. The fourth-order valence-corrected chi connectivity index (χ4v) is 7.70. The van der Waals surface area contributed by atoms with Crippen LogP contribution in [0.1, 0.15) is 0 Å². The van der Waals surface area contributed by atoms with Crippen LogP contribution in [0.2, 0.25) is 0 Å². The van der Waals surface area contributed by atoms with E-state index in [1.807, 2.05) is 14.2 Å². The van der Waals surface area contributed by atoms with Crippen LogP contribution >= 0.6 is 0 Å². The van der Waals surface area contributed by atoms with E-state index in [9.17, 15) is 0 Å². The summed E-state index contributed by atoms with van der Waals surface area (Å²) in [5, 5.41) is 0. The molecule has 0 N–H and O–H groups in total. The maximum atomic E-state index is 6.18. The van der Waals surface area contributed by atoms with E-state index in [-0.39, 0.29) is 0 Å². The van der Waals surface area contributed by atoms with Crippen molar-refractivity contribution < 1.29 is 8.85 Å². The monoisotopic (exact) mass is 412 g/mol. The highest BCUT2D eigenvalue weighted by atomic mass is 28.4. The van der Waals surface area contributed by atoms with Gasteiger partial charge in [-0.3, -0.25) is 9.13 Å². The third-order valence-electron chi connectivity index (χ3n) is 6.13. The van der Waals surface area contributed by atoms with Crippen LogP contribution in [-0.2, 0) is 8.85 Å². The highest BCUT2D eigenvalue weighted by molar-refractivity contribution is 6.61. The van der Waals surface area contributed by atoms with Crippen LogP contribution in [0.3, 0.4) is 0 Å². The van der Waals surface area contributed by atoms with Gasteiger partial charge in [-0.1, -0.05) is 36.4 Å². The molecule has 6 nitrogen and oxygen atoms in total. The van der Waals surface area contributed by atoms with E-state index in [0.717, 1.165) is 52.4 Å². The average Bonchev–Trinajstić information content (AvgIpc) is 2.82. The van der Waals surface area contributed by atoms with Crippen LogP contribution in [0.25, 0.3) is 0 Å². The summed E-state index contributed by atoms with van der Waals surface area (Å²) in [4.78, 5) is 4.91. The van der Waals surface area contributed by atoms with Gasteiger partial charge in [0, 0.05) is 78.0 Å². The van der Waals surface area contributed by atoms with Gasteiger partial charge in [-0.25, -0.2) is 0 Å². The number of benzene rings is 2. The van der Waals surface area contributed by atoms with Gasteiger partial charge in [0.2, 0.25) is 0 Å². The summed E-state index contributed by atoms with van der Waals surface area (Å²) < 4.78 is 17.3. The zero-order valence-electron chi connectivity index (χ0n) is 17.5. The summed E-state index contributed by atoms with van der Waals surface area (Å²) in [6.45, 7) is 7.82. The molecule has 0 saturated carbocycles. The van der Waals surface area contributed by atoms with Gasteiger partial charge in [0.25, 0.3) is 0 Å². The Morgan fingerprint density at radius 2 is 0.897 bits per heavy atom. The van der Waals surface area contributed by atoms with Crippen LogP contribution in [0.4, 0.5) is 11.4 Å². The van der Waals surface area contributed by atoms with E-state index in [1.165, 1.54) is 11.4 Å². The first-order valence-electron chi connectivity index (χ1n) is 10.5. The van der Waals surface area contributed by atoms with Crippen molar-refractivity contribution in [3.63, 3.8) is 0 Å². The second-order valence-electron chi connectivity index (χ2n) is 7.58. The number of hydrogen-bond donors (Lipinski definition) is 0. The topological polar surface area (TPSA) is 31.4 Å². The van der Waals surface area contributed by atoms with Gasteiger partial charge in [-0.15, -0.1) is 0 Å². The van der Waals surface area contributed by atoms with Crippen molar-refractivity contribution in [1.29, 1.82) is 0 Å². The molecule has 0 atom stereocenters. The van der Waals surface area contributed by atoms with Crippen molar-refractivity contribution in [3.8, 4) is 0 Å². The average molecular weight is 413 g/mol. The Morgan fingerprint density at radius 1 is 0.552 bits per heavy atom. The molecule has 2 saturated heterocycles. The van der Waals surface area contributed by atoms with Crippen LogP contribution < -0.4 is 9.80 Å². The number of hydrogen-bond acceptors (Lipinski definition) is 6. The largest absolute Gasteiger partial charge is 0.522 e. The number of anilines is 2. The van der Waals surface area contributed by atoms with Crippen molar-refractivity contribution in [3.05, 3.63) is 60.7 Å². The van der Waals surface area contributed by atoms with E-state index in [1.54, 1.807) is 0 Å². The first-order valence-corrected chi connectivity index (χ1v) is 12.2. The molecule has 0 aliphatic carbocycles. The lowest BCUT2D eigenvalue weighted by atomic mass is 10.2. The molecule has 156 valence electrons. The van der Waals surface area contributed by atoms with Gasteiger partial charge in [0.1, 0.15) is 0 Å². The zero-order chi connectivity index (χ0) is 20.1. The summed E-state index contributed by atoms with van der Waals surface area (Å²) >= 11 is 0. The highest BCUT2D eigenvalue weighted by Crippen LogP contribution is 2.25. The SMILES string of the molecule is CO[Si](OC)(N1CCN(c2ccccc2)CC1)N1CCN(c2ccccc2)CC1. The quantitative estimate of drug-likeness (QED) is 0.677. The lowest BCUT2D eigenvalue weighted by molar-refractivity contribution is 0.0874. The van der Waals surface area contributed by atoms with Crippen molar-refractivity contribution in [1.82, 2.24) is 9.13 Å². The molecule has 2 fully saturated rings. The molecule has 0 aromatic heterocycles. The minimum atomic E-state index is -2.59. The number of piperazine rings is 2. The summed E-state index contributed by atoms with van der Waals surface area (Å²) in [5.74, 6) is 0. The Morgan fingerprint density at radius 3 is 1.21 bits per heavy atom. The molecule has 29 heavy (non-hydrogen) atoms. The summed E-state index contributed by atoms with van der Waals surface area (Å²) in [5.41, 5.74) is 2.59. The van der Waals surface area contributed by atoms with Crippen molar-refractivity contribution >= 4 is 20.3 Å². The molecule has 2 aromatic carbocycles. The molecule has 2 heterocycles. The molecule has 0 amide bonds. The highest BCUT2D eigenvalue weighted by Gasteiger charge is 2.52. The fourth-order valence-electron chi connectivity index (χ4n) is 4.57. The van der Waals surface area contributed by atoms with Gasteiger partial charge >= 0.3 is 8.88 Å². The molecular weight excluding hydrogens is 380 g/mol. The molecule has 2 aliphatic heterocycles. The van der Waals surface area contributed by atoms with Crippen molar-refractivity contribution in [2.24, 2.45) is 0 Å².